The zero-order valence-corrected chi connectivity index (χ0v) is 25.1. The molecule has 0 fully saturated rings. The van der Waals surface area contributed by atoms with Gasteiger partial charge in [-0.2, -0.15) is 9.97 Å². The summed E-state index contributed by atoms with van der Waals surface area (Å²) in [6.07, 6.45) is 2.94. The number of aromatic hydroxyl groups is 1. The van der Waals surface area contributed by atoms with E-state index in [4.69, 9.17) is 21.9 Å². The van der Waals surface area contributed by atoms with Crippen LogP contribution in [0.3, 0.4) is 0 Å². The first-order valence-electron chi connectivity index (χ1n) is 14.3. The molecule has 18 heteroatoms. The van der Waals surface area contributed by atoms with Crippen LogP contribution in [-0.4, -0.2) is 83.1 Å². The Morgan fingerprint density at radius 2 is 1.81 bits per heavy atom. The van der Waals surface area contributed by atoms with Gasteiger partial charge in [-0.05, 0) is 72.0 Å². The topological polar surface area (TPSA) is 289 Å². The first kappa shape index (κ1) is 31.9. The van der Waals surface area contributed by atoms with E-state index < -0.39 is 23.8 Å². The first-order valence-corrected chi connectivity index (χ1v) is 14.3. The lowest BCUT2D eigenvalue weighted by Crippen LogP contribution is -2.42. The smallest absolute Gasteiger partial charge is 0.328 e. The van der Waals surface area contributed by atoms with Crippen LogP contribution in [0.4, 0.5) is 17.5 Å². The minimum atomic E-state index is -1.03. The molecule has 0 saturated heterocycles. The number of fused-ring (bicyclic) bond motifs is 1. The molecule has 3 aromatic heterocycles. The fourth-order valence-corrected chi connectivity index (χ4v) is 4.76. The van der Waals surface area contributed by atoms with E-state index in [1.54, 1.807) is 30.5 Å². The molecule has 5 rings (SSSR count). The fourth-order valence-electron chi connectivity index (χ4n) is 4.76. The van der Waals surface area contributed by atoms with Crippen molar-refractivity contribution in [2.24, 2.45) is 0 Å². The second-order valence-electron chi connectivity index (χ2n) is 10.4. The van der Waals surface area contributed by atoms with Gasteiger partial charge in [0, 0.05) is 17.8 Å². The molecule has 242 valence electrons. The van der Waals surface area contributed by atoms with Crippen molar-refractivity contribution in [1.29, 1.82) is 0 Å². The number of phenolic OH excluding ortho intramolecular Hbond substituents is 1. The monoisotopic (exact) mass is 641 g/mol. The van der Waals surface area contributed by atoms with Gasteiger partial charge < -0.3 is 37.7 Å². The first-order chi connectivity index (χ1) is 22.6. The van der Waals surface area contributed by atoms with Crippen molar-refractivity contribution in [2.75, 3.05) is 30.9 Å². The van der Waals surface area contributed by atoms with Crippen molar-refractivity contribution in [1.82, 2.24) is 51.2 Å². The summed E-state index contributed by atoms with van der Waals surface area (Å²) in [6, 6.07) is 8.28. The molecule has 0 bridgehead atoms. The third kappa shape index (κ3) is 7.62. The molecule has 0 saturated carbocycles. The Bertz CT molecular complexity index is 1930. The highest BCUT2D eigenvalue weighted by Gasteiger charge is 2.24. The number of phenols is 1. The molecule has 0 aliphatic carbocycles. The van der Waals surface area contributed by atoms with Crippen molar-refractivity contribution in [3.8, 4) is 17.1 Å². The Morgan fingerprint density at radius 1 is 1.00 bits per heavy atom. The standard InChI is InChI=1S/C29H31N13O5/c1-47-28(46)20(3-2-10-33-26(44)17-9-6-15(30)12-19(17)24-39-41-42-40-24)36-27(45)18-8-5-14(11-21(18)43)4-7-16-13-34-25-22(35-16)23(31)37-29(32)38-25/h5-6,8-9,11-13,20,43H,2-4,7,10,30H2,1H3,(H,33,44)(H,36,45)(H,39,40,41,42)(H4,31,32,34,37,38)/t20-/m0/s1. The summed E-state index contributed by atoms with van der Waals surface area (Å²) in [4.78, 5) is 55.0. The highest BCUT2D eigenvalue weighted by Crippen LogP contribution is 2.23. The summed E-state index contributed by atoms with van der Waals surface area (Å²) in [7, 11) is 1.20. The van der Waals surface area contributed by atoms with Gasteiger partial charge in [0.25, 0.3) is 11.8 Å². The van der Waals surface area contributed by atoms with E-state index in [-0.39, 0.29) is 47.5 Å². The number of hydrogen-bond donors (Lipinski definition) is 7. The Kier molecular flexibility index (Phi) is 9.58. The van der Waals surface area contributed by atoms with Gasteiger partial charge in [-0.3, -0.25) is 9.59 Å². The third-order valence-corrected chi connectivity index (χ3v) is 7.11. The van der Waals surface area contributed by atoms with Crippen LogP contribution in [0.15, 0.2) is 42.6 Å². The SMILES string of the molecule is COC(=O)[C@H](CCCNC(=O)c1ccc(N)cc1-c1nnn[nH]1)NC(=O)c1ccc(CCc2cnc3nc(N)nc(N)c3n2)cc1O. The van der Waals surface area contributed by atoms with Gasteiger partial charge in [0.05, 0.1) is 30.1 Å². The minimum absolute atomic E-state index is 0.00515. The van der Waals surface area contributed by atoms with Crippen molar-refractivity contribution in [3.05, 3.63) is 65.0 Å². The van der Waals surface area contributed by atoms with Crippen LogP contribution in [0.25, 0.3) is 22.6 Å². The molecule has 1 atom stereocenters. The van der Waals surface area contributed by atoms with Gasteiger partial charge in [0.1, 0.15) is 11.8 Å². The summed E-state index contributed by atoms with van der Waals surface area (Å²) < 4.78 is 4.86. The molecule has 3 heterocycles. The molecule has 2 amide bonds. The molecule has 47 heavy (non-hydrogen) atoms. The Morgan fingerprint density at radius 3 is 2.55 bits per heavy atom. The number of aromatic amines is 1. The molecule has 10 N–H and O–H groups in total. The number of rotatable bonds is 12. The number of ether oxygens (including phenoxy) is 1. The second-order valence-corrected chi connectivity index (χ2v) is 10.4. The van der Waals surface area contributed by atoms with Crippen molar-refractivity contribution in [2.45, 2.75) is 31.7 Å². The van der Waals surface area contributed by atoms with Gasteiger partial charge in [0.15, 0.2) is 22.8 Å². The number of nitrogen functional groups attached to an aromatic ring is 3. The third-order valence-electron chi connectivity index (χ3n) is 7.11. The van der Waals surface area contributed by atoms with Gasteiger partial charge in [-0.25, -0.2) is 19.9 Å². The van der Waals surface area contributed by atoms with Crippen molar-refractivity contribution >= 4 is 46.4 Å². The number of H-pyrrole nitrogens is 1. The summed E-state index contributed by atoms with van der Waals surface area (Å²) in [5.41, 5.74) is 20.5. The summed E-state index contributed by atoms with van der Waals surface area (Å²) in [5, 5.41) is 29.5. The van der Waals surface area contributed by atoms with Gasteiger partial charge >= 0.3 is 5.97 Å². The van der Waals surface area contributed by atoms with Gasteiger partial charge in [-0.1, -0.05) is 6.07 Å². The van der Waals surface area contributed by atoms with E-state index in [0.29, 0.717) is 47.3 Å². The molecule has 0 spiro atoms. The lowest BCUT2D eigenvalue weighted by molar-refractivity contribution is -0.143. The minimum Gasteiger partial charge on any atom is -0.507 e. The number of hydrogen-bond acceptors (Lipinski definition) is 15. The molecule has 18 nitrogen and oxygen atoms in total. The number of aryl methyl sites for hydroxylation is 2. The number of tetrazole rings is 1. The number of benzene rings is 2. The lowest BCUT2D eigenvalue weighted by Gasteiger charge is -2.17. The summed E-state index contributed by atoms with van der Waals surface area (Å²) in [5.74, 6) is -1.62. The number of amides is 2. The molecule has 5 aromatic rings. The molecule has 0 radical (unpaired) electrons. The van der Waals surface area contributed by atoms with Crippen LogP contribution in [0, 0.1) is 0 Å². The maximum atomic E-state index is 13.0. The Hall–Kier alpha value is -6.46. The van der Waals surface area contributed by atoms with E-state index >= 15 is 0 Å². The number of esters is 1. The van der Waals surface area contributed by atoms with Gasteiger partial charge in [0.2, 0.25) is 5.95 Å². The number of methoxy groups -OCH3 is 1. The maximum absolute atomic E-state index is 13.0. The van der Waals surface area contributed by atoms with E-state index in [1.807, 2.05) is 0 Å². The molecule has 0 unspecified atom stereocenters. The molecule has 0 aliphatic heterocycles. The van der Waals surface area contributed by atoms with Gasteiger partial charge in [-0.15, -0.1) is 5.10 Å². The Balaban J connectivity index is 1.16. The maximum Gasteiger partial charge on any atom is 0.328 e. The Labute approximate surface area is 266 Å². The van der Waals surface area contributed by atoms with E-state index in [2.05, 4.69) is 51.2 Å². The highest BCUT2D eigenvalue weighted by molar-refractivity contribution is 6.01. The van der Waals surface area contributed by atoms with Crippen LogP contribution in [0.5, 0.6) is 5.75 Å². The average Bonchev–Trinajstić information content (AvgIpc) is 3.60. The number of nitrogens with zero attached hydrogens (tertiary/aromatic N) is 7. The van der Waals surface area contributed by atoms with E-state index in [1.165, 1.54) is 19.2 Å². The summed E-state index contributed by atoms with van der Waals surface area (Å²) in [6.45, 7) is 0.176. The molecule has 0 aliphatic rings. The number of nitrogens with two attached hydrogens (primary N) is 3. The lowest BCUT2D eigenvalue weighted by atomic mass is 10.0. The zero-order valence-electron chi connectivity index (χ0n) is 25.1. The second kappa shape index (κ2) is 14.1. The number of nitrogens with one attached hydrogen (secondary N) is 3. The number of aromatic nitrogens is 8. The highest BCUT2D eigenvalue weighted by atomic mass is 16.5. The van der Waals surface area contributed by atoms with Crippen molar-refractivity contribution in [3.63, 3.8) is 0 Å². The predicted molar refractivity (Wildman–Crippen MR) is 168 cm³/mol. The molecular weight excluding hydrogens is 610 g/mol. The fraction of sp³-hybridized carbons (Fsp3) is 0.241. The van der Waals surface area contributed by atoms with E-state index in [0.717, 1.165) is 5.56 Å². The van der Waals surface area contributed by atoms with Crippen LogP contribution < -0.4 is 27.8 Å². The number of anilines is 3. The quantitative estimate of drug-likeness (QED) is 0.0548. The van der Waals surface area contributed by atoms with Crippen LogP contribution >= 0.6 is 0 Å². The normalized spacial score (nSPS) is 11.6. The summed E-state index contributed by atoms with van der Waals surface area (Å²) >= 11 is 0. The average molecular weight is 642 g/mol. The number of carbonyl (C=O) groups excluding carboxylic acids is 3. The number of carbonyl (C=O) groups is 3. The largest absolute Gasteiger partial charge is 0.507 e. The van der Waals surface area contributed by atoms with Crippen molar-refractivity contribution < 1.29 is 24.2 Å². The molecular formula is C29H31N13O5. The van der Waals surface area contributed by atoms with E-state index in [9.17, 15) is 19.5 Å². The predicted octanol–water partition coefficient (Wildman–Crippen LogP) is 0.319. The zero-order chi connectivity index (χ0) is 33.5. The van der Waals surface area contributed by atoms with Crippen LogP contribution in [-0.2, 0) is 22.4 Å². The van der Waals surface area contributed by atoms with Crippen LogP contribution in [0.2, 0.25) is 0 Å². The van der Waals surface area contributed by atoms with Crippen LogP contribution in [0.1, 0.15) is 44.8 Å². The molecule has 2 aromatic carbocycles.